The van der Waals surface area contributed by atoms with Gasteiger partial charge in [-0.2, -0.15) is 10.4 Å². The van der Waals surface area contributed by atoms with Crippen LogP contribution in [-0.4, -0.2) is 12.1 Å². The molecule has 3 rings (SSSR count). The SMILES string of the molecule is N#Cc1ccccc1COc1ccc(/C=N/NC(=O)c2ccc(Cl)cc2)cc1. The Morgan fingerprint density at radius 2 is 1.79 bits per heavy atom. The van der Waals surface area contributed by atoms with E-state index < -0.39 is 0 Å². The Morgan fingerprint density at radius 1 is 1.07 bits per heavy atom. The monoisotopic (exact) mass is 389 g/mol. The molecule has 0 spiro atoms. The molecule has 0 bridgehead atoms. The first kappa shape index (κ1) is 19.2. The highest BCUT2D eigenvalue weighted by Gasteiger charge is 2.04. The number of nitrogens with one attached hydrogen (secondary N) is 1. The molecule has 3 aromatic carbocycles. The summed E-state index contributed by atoms with van der Waals surface area (Å²) >= 11 is 5.80. The van der Waals surface area contributed by atoms with Gasteiger partial charge in [0.1, 0.15) is 12.4 Å². The maximum absolute atomic E-state index is 12.0. The summed E-state index contributed by atoms with van der Waals surface area (Å²) in [4.78, 5) is 12.0. The van der Waals surface area contributed by atoms with E-state index >= 15 is 0 Å². The molecule has 6 heteroatoms. The van der Waals surface area contributed by atoms with E-state index in [1.54, 1.807) is 48.7 Å². The van der Waals surface area contributed by atoms with Crippen LogP contribution in [0.3, 0.4) is 0 Å². The lowest BCUT2D eigenvalue weighted by Crippen LogP contribution is -2.17. The molecule has 0 aliphatic carbocycles. The number of hydrogen-bond donors (Lipinski definition) is 1. The predicted molar refractivity (Wildman–Crippen MR) is 108 cm³/mol. The number of hydrazone groups is 1. The predicted octanol–water partition coefficient (Wildman–Crippen LogP) is 4.55. The van der Waals surface area contributed by atoms with E-state index in [1.807, 2.05) is 30.3 Å². The third-order valence-corrected chi connectivity index (χ3v) is 4.15. The van der Waals surface area contributed by atoms with E-state index in [0.29, 0.717) is 28.5 Å². The molecular weight excluding hydrogens is 374 g/mol. The van der Waals surface area contributed by atoms with Gasteiger partial charge in [0.25, 0.3) is 5.91 Å². The molecule has 0 heterocycles. The van der Waals surface area contributed by atoms with E-state index in [0.717, 1.165) is 11.1 Å². The van der Waals surface area contributed by atoms with Gasteiger partial charge in [-0.1, -0.05) is 29.8 Å². The van der Waals surface area contributed by atoms with Crippen LogP contribution in [0.5, 0.6) is 5.75 Å². The van der Waals surface area contributed by atoms with E-state index in [1.165, 1.54) is 0 Å². The highest BCUT2D eigenvalue weighted by molar-refractivity contribution is 6.30. The molecular formula is C22H16ClN3O2. The molecule has 0 unspecified atom stereocenters. The summed E-state index contributed by atoms with van der Waals surface area (Å²) in [5.74, 6) is 0.360. The molecule has 1 N–H and O–H groups in total. The van der Waals surface area contributed by atoms with Gasteiger partial charge in [-0.3, -0.25) is 4.79 Å². The summed E-state index contributed by atoms with van der Waals surface area (Å²) in [6.45, 7) is 0.314. The van der Waals surface area contributed by atoms with Crippen molar-refractivity contribution < 1.29 is 9.53 Å². The maximum atomic E-state index is 12.0. The molecule has 0 atom stereocenters. The summed E-state index contributed by atoms with van der Waals surface area (Å²) < 4.78 is 5.72. The summed E-state index contributed by atoms with van der Waals surface area (Å²) in [7, 11) is 0. The van der Waals surface area contributed by atoms with Gasteiger partial charge in [0.05, 0.1) is 17.8 Å². The molecule has 0 aromatic heterocycles. The zero-order chi connectivity index (χ0) is 19.8. The summed E-state index contributed by atoms with van der Waals surface area (Å²) in [6.07, 6.45) is 1.54. The number of rotatable bonds is 6. The van der Waals surface area contributed by atoms with Gasteiger partial charge < -0.3 is 4.74 Å². The molecule has 1 amide bonds. The molecule has 28 heavy (non-hydrogen) atoms. The zero-order valence-corrected chi connectivity index (χ0v) is 15.6. The zero-order valence-electron chi connectivity index (χ0n) is 14.8. The van der Waals surface area contributed by atoms with Gasteiger partial charge >= 0.3 is 0 Å². The average Bonchev–Trinajstić information content (AvgIpc) is 2.73. The summed E-state index contributed by atoms with van der Waals surface area (Å²) in [5, 5.41) is 13.6. The molecule has 0 aliphatic heterocycles. The topological polar surface area (TPSA) is 74.5 Å². The lowest BCUT2D eigenvalue weighted by molar-refractivity contribution is 0.0955. The number of amides is 1. The third kappa shape index (κ3) is 5.19. The first-order valence-electron chi connectivity index (χ1n) is 8.45. The first-order valence-corrected chi connectivity index (χ1v) is 8.83. The van der Waals surface area contributed by atoms with Crippen LogP contribution in [0.4, 0.5) is 0 Å². The molecule has 138 valence electrons. The number of halogens is 1. The highest BCUT2D eigenvalue weighted by Crippen LogP contribution is 2.15. The van der Waals surface area contributed by atoms with Crippen LogP contribution in [0.2, 0.25) is 5.02 Å². The number of carbonyl (C=O) groups is 1. The van der Waals surface area contributed by atoms with Gasteiger partial charge in [-0.05, 0) is 60.2 Å². The molecule has 0 fully saturated rings. The minimum atomic E-state index is -0.316. The van der Waals surface area contributed by atoms with Crippen molar-refractivity contribution in [3.8, 4) is 11.8 Å². The van der Waals surface area contributed by atoms with Crippen molar-refractivity contribution in [2.45, 2.75) is 6.61 Å². The number of benzene rings is 3. The Morgan fingerprint density at radius 3 is 2.50 bits per heavy atom. The fourth-order valence-corrected chi connectivity index (χ4v) is 2.52. The van der Waals surface area contributed by atoms with Crippen molar-refractivity contribution in [3.05, 3.63) is 100 Å². The van der Waals surface area contributed by atoms with Crippen LogP contribution in [0.1, 0.15) is 27.0 Å². The standard InChI is InChI=1S/C22H16ClN3O2/c23-20-9-7-17(8-10-20)22(27)26-25-14-16-5-11-21(12-6-16)28-15-19-4-2-1-3-18(19)13-24/h1-12,14H,15H2,(H,26,27)/b25-14+. The van der Waals surface area contributed by atoms with Crippen LogP contribution in [-0.2, 0) is 6.61 Å². The molecule has 0 saturated carbocycles. The smallest absolute Gasteiger partial charge is 0.271 e. The summed E-state index contributed by atoms with van der Waals surface area (Å²) in [6, 6.07) is 23.3. The minimum Gasteiger partial charge on any atom is -0.489 e. The average molecular weight is 390 g/mol. The van der Waals surface area contributed by atoms with Gasteiger partial charge in [-0.15, -0.1) is 0 Å². The van der Waals surface area contributed by atoms with Crippen molar-refractivity contribution in [3.63, 3.8) is 0 Å². The number of nitriles is 1. The maximum Gasteiger partial charge on any atom is 0.271 e. The van der Waals surface area contributed by atoms with Crippen LogP contribution in [0.15, 0.2) is 77.9 Å². The Labute approximate surface area is 167 Å². The fourth-order valence-electron chi connectivity index (χ4n) is 2.40. The van der Waals surface area contributed by atoms with Crippen molar-refractivity contribution in [1.82, 2.24) is 5.43 Å². The minimum absolute atomic E-state index is 0.314. The number of nitrogens with zero attached hydrogens (tertiary/aromatic N) is 2. The molecule has 5 nitrogen and oxygen atoms in total. The normalized spacial score (nSPS) is 10.4. The Bertz CT molecular complexity index is 1020. The quantitative estimate of drug-likeness (QED) is 0.496. The lowest BCUT2D eigenvalue weighted by Gasteiger charge is -2.07. The molecule has 0 aliphatic rings. The Kier molecular flexibility index (Phi) is 6.40. The van der Waals surface area contributed by atoms with Crippen LogP contribution in [0, 0.1) is 11.3 Å². The van der Waals surface area contributed by atoms with E-state index in [9.17, 15) is 4.79 Å². The summed E-state index contributed by atoms with van der Waals surface area (Å²) in [5.41, 5.74) is 5.18. The highest BCUT2D eigenvalue weighted by atomic mass is 35.5. The molecule has 0 radical (unpaired) electrons. The van der Waals surface area contributed by atoms with E-state index in [4.69, 9.17) is 21.6 Å². The number of hydrogen-bond acceptors (Lipinski definition) is 4. The number of ether oxygens (including phenoxy) is 1. The second-order valence-electron chi connectivity index (χ2n) is 5.83. The van der Waals surface area contributed by atoms with Crippen molar-refractivity contribution >= 4 is 23.7 Å². The third-order valence-electron chi connectivity index (χ3n) is 3.90. The number of carbonyl (C=O) groups excluding carboxylic acids is 1. The first-order chi connectivity index (χ1) is 13.7. The second kappa shape index (κ2) is 9.36. The second-order valence-corrected chi connectivity index (χ2v) is 6.27. The van der Waals surface area contributed by atoms with Crippen molar-refractivity contribution in [2.24, 2.45) is 5.10 Å². The van der Waals surface area contributed by atoms with Crippen molar-refractivity contribution in [1.29, 1.82) is 5.26 Å². The van der Waals surface area contributed by atoms with E-state index in [2.05, 4.69) is 16.6 Å². The lowest BCUT2D eigenvalue weighted by atomic mass is 10.1. The Balaban J connectivity index is 1.54. The van der Waals surface area contributed by atoms with Crippen LogP contribution >= 0.6 is 11.6 Å². The van der Waals surface area contributed by atoms with Gasteiger partial charge in [-0.25, -0.2) is 5.43 Å². The van der Waals surface area contributed by atoms with Gasteiger partial charge in [0, 0.05) is 16.1 Å². The Hall–Kier alpha value is -3.62. The van der Waals surface area contributed by atoms with Gasteiger partial charge in [0.2, 0.25) is 0 Å². The van der Waals surface area contributed by atoms with Crippen LogP contribution in [0.25, 0.3) is 0 Å². The molecule has 3 aromatic rings. The van der Waals surface area contributed by atoms with Crippen LogP contribution < -0.4 is 10.2 Å². The fraction of sp³-hybridized carbons (Fsp3) is 0.0455. The molecule has 0 saturated heterocycles. The van der Waals surface area contributed by atoms with Crippen molar-refractivity contribution in [2.75, 3.05) is 0 Å². The van der Waals surface area contributed by atoms with Gasteiger partial charge in [0.15, 0.2) is 0 Å². The van der Waals surface area contributed by atoms with E-state index in [-0.39, 0.29) is 5.91 Å². The largest absolute Gasteiger partial charge is 0.489 e.